The molecule has 0 saturated carbocycles. The van der Waals surface area contributed by atoms with Crippen LogP contribution in [0.15, 0.2) is 48.5 Å². The summed E-state index contributed by atoms with van der Waals surface area (Å²) in [5, 5.41) is 5.37. The Hall–Kier alpha value is -2.51. The molecule has 0 spiro atoms. The lowest BCUT2D eigenvalue weighted by Crippen LogP contribution is -2.12. The molecule has 0 aliphatic rings. The maximum atomic E-state index is 14.4. The van der Waals surface area contributed by atoms with Crippen LogP contribution in [0.3, 0.4) is 0 Å². The first kappa shape index (κ1) is 26.1. The van der Waals surface area contributed by atoms with E-state index in [4.69, 9.17) is 16.7 Å². The van der Waals surface area contributed by atoms with Gasteiger partial charge >= 0.3 is 0 Å². The number of halogens is 2. The van der Waals surface area contributed by atoms with Crippen molar-refractivity contribution in [2.45, 2.75) is 51.9 Å². The van der Waals surface area contributed by atoms with Crippen molar-refractivity contribution in [3.8, 4) is 5.69 Å². The Bertz CT molecular complexity index is 1290. The lowest BCUT2D eigenvalue weighted by Gasteiger charge is -2.14. The van der Waals surface area contributed by atoms with Gasteiger partial charge in [-0.15, -0.1) is 0 Å². The van der Waals surface area contributed by atoms with E-state index in [-0.39, 0.29) is 36.2 Å². The minimum Gasteiger partial charge on any atom is -0.299 e. The highest BCUT2D eigenvalue weighted by Gasteiger charge is 2.21. The number of carbonyl (C=O) groups is 1. The fraction of sp³-hybridized carbons (Fsp3) is 0.385. The number of carbonyl (C=O) groups excluding carboxylic acids is 1. The number of sulfone groups is 1. The van der Waals surface area contributed by atoms with Gasteiger partial charge in [0, 0.05) is 35.2 Å². The smallest absolute Gasteiger partial charge is 0.147 e. The van der Waals surface area contributed by atoms with Gasteiger partial charge in [0.15, 0.2) is 0 Å². The Morgan fingerprint density at radius 3 is 2.44 bits per heavy atom. The van der Waals surface area contributed by atoms with E-state index in [9.17, 15) is 17.6 Å². The number of hydrogen-bond acceptors (Lipinski definition) is 4. The Morgan fingerprint density at radius 1 is 1.09 bits per heavy atom. The van der Waals surface area contributed by atoms with Crippen molar-refractivity contribution >= 4 is 27.2 Å². The van der Waals surface area contributed by atoms with Gasteiger partial charge in [0.1, 0.15) is 21.4 Å². The van der Waals surface area contributed by atoms with Crippen molar-refractivity contribution < 1.29 is 17.6 Å². The topological polar surface area (TPSA) is 69.0 Å². The highest BCUT2D eigenvalue weighted by molar-refractivity contribution is 7.90. The standard InChI is InChI=1S/C26H30ClFN2O3S/c1-26(2,3)25-17-22(30(29-25)21-7-5-6-20(27)16-21)10-11-23(31)14-18-8-9-19(24(28)15-18)12-13-34(4,32)33/h5-9,15-17H,10-14H2,1-4H3. The van der Waals surface area contributed by atoms with E-state index < -0.39 is 15.7 Å². The molecule has 182 valence electrons. The molecule has 8 heteroatoms. The van der Waals surface area contributed by atoms with Gasteiger partial charge in [-0.1, -0.05) is 50.6 Å². The van der Waals surface area contributed by atoms with Crippen LogP contribution in [0.1, 0.15) is 49.7 Å². The molecule has 3 aromatic rings. The molecule has 1 heterocycles. The molecule has 34 heavy (non-hydrogen) atoms. The number of benzene rings is 2. The third-order valence-corrected chi connectivity index (χ3v) is 6.71. The minimum absolute atomic E-state index is 0.0144. The molecular formula is C26H30ClFN2O3S. The monoisotopic (exact) mass is 504 g/mol. The maximum Gasteiger partial charge on any atom is 0.147 e. The molecule has 0 fully saturated rings. The van der Waals surface area contributed by atoms with Crippen LogP contribution in [-0.4, -0.2) is 36.0 Å². The van der Waals surface area contributed by atoms with Gasteiger partial charge in [0.2, 0.25) is 0 Å². The number of rotatable bonds is 9. The highest BCUT2D eigenvalue weighted by atomic mass is 35.5. The molecule has 3 rings (SSSR count). The zero-order valence-corrected chi connectivity index (χ0v) is 21.5. The molecule has 0 aliphatic carbocycles. The predicted octanol–water partition coefficient (Wildman–Crippen LogP) is 5.29. The van der Waals surface area contributed by atoms with E-state index in [1.54, 1.807) is 18.2 Å². The summed E-state index contributed by atoms with van der Waals surface area (Å²) in [5.41, 5.74) is 3.41. The SMILES string of the molecule is CC(C)(C)c1cc(CCC(=O)Cc2ccc(CCS(C)(=O)=O)c(F)c2)n(-c2cccc(Cl)c2)n1. The van der Waals surface area contributed by atoms with Crippen LogP contribution >= 0.6 is 11.6 Å². The second-order valence-corrected chi connectivity index (χ2v) is 12.4. The van der Waals surface area contributed by atoms with Gasteiger partial charge in [-0.2, -0.15) is 5.10 Å². The van der Waals surface area contributed by atoms with E-state index in [1.165, 1.54) is 6.07 Å². The van der Waals surface area contributed by atoms with Crippen LogP contribution < -0.4 is 0 Å². The molecule has 0 amide bonds. The Kier molecular flexibility index (Phi) is 7.98. The number of hydrogen-bond donors (Lipinski definition) is 0. The van der Waals surface area contributed by atoms with Gasteiger partial charge in [-0.25, -0.2) is 17.5 Å². The van der Waals surface area contributed by atoms with Crippen LogP contribution in [0.5, 0.6) is 0 Å². The van der Waals surface area contributed by atoms with Crippen LogP contribution in [-0.2, 0) is 39.3 Å². The van der Waals surface area contributed by atoms with Gasteiger partial charge in [-0.05, 0) is 54.3 Å². The zero-order chi connectivity index (χ0) is 25.1. The van der Waals surface area contributed by atoms with Crippen molar-refractivity contribution in [3.05, 3.63) is 81.9 Å². The average Bonchev–Trinajstić information content (AvgIpc) is 3.16. The Morgan fingerprint density at radius 2 is 1.82 bits per heavy atom. The van der Waals surface area contributed by atoms with Crippen LogP contribution in [0.2, 0.25) is 5.02 Å². The van der Waals surface area contributed by atoms with E-state index >= 15 is 0 Å². The molecule has 0 N–H and O–H groups in total. The first-order chi connectivity index (χ1) is 15.8. The Labute approximate surface area is 205 Å². The van der Waals surface area contributed by atoms with Crippen molar-refractivity contribution in [2.24, 2.45) is 0 Å². The fourth-order valence-corrected chi connectivity index (χ4v) is 4.35. The summed E-state index contributed by atoms with van der Waals surface area (Å²) in [5.74, 6) is -0.610. The van der Waals surface area contributed by atoms with Gasteiger partial charge in [0.05, 0.1) is 17.1 Å². The summed E-state index contributed by atoms with van der Waals surface area (Å²) in [6.07, 6.45) is 2.13. The van der Waals surface area contributed by atoms with Gasteiger partial charge < -0.3 is 0 Å². The highest BCUT2D eigenvalue weighted by Crippen LogP contribution is 2.25. The third kappa shape index (κ3) is 7.24. The quantitative estimate of drug-likeness (QED) is 0.397. The number of aryl methyl sites for hydroxylation is 2. The second-order valence-electron chi connectivity index (χ2n) is 9.68. The Balaban J connectivity index is 1.71. The number of aromatic nitrogens is 2. The minimum atomic E-state index is -3.17. The molecule has 1 aromatic heterocycles. The summed E-state index contributed by atoms with van der Waals surface area (Å²) >= 11 is 6.17. The average molecular weight is 505 g/mol. The van der Waals surface area contributed by atoms with Crippen molar-refractivity contribution in [1.29, 1.82) is 0 Å². The first-order valence-corrected chi connectivity index (χ1v) is 13.6. The maximum absolute atomic E-state index is 14.4. The summed E-state index contributed by atoms with van der Waals surface area (Å²) in [6, 6.07) is 14.0. The van der Waals surface area contributed by atoms with Crippen molar-refractivity contribution in [3.63, 3.8) is 0 Å². The van der Waals surface area contributed by atoms with E-state index in [0.717, 1.165) is 23.3 Å². The fourth-order valence-electron chi connectivity index (χ4n) is 3.58. The third-order valence-electron chi connectivity index (χ3n) is 5.53. The van der Waals surface area contributed by atoms with E-state index in [0.29, 0.717) is 22.6 Å². The van der Waals surface area contributed by atoms with Crippen LogP contribution in [0, 0.1) is 5.82 Å². The largest absolute Gasteiger partial charge is 0.299 e. The molecule has 2 aromatic carbocycles. The first-order valence-electron chi connectivity index (χ1n) is 11.1. The summed E-state index contributed by atoms with van der Waals surface area (Å²) < 4.78 is 38.9. The molecule has 0 radical (unpaired) electrons. The summed E-state index contributed by atoms with van der Waals surface area (Å²) in [4.78, 5) is 12.7. The lowest BCUT2D eigenvalue weighted by atomic mass is 9.92. The molecule has 0 unspecified atom stereocenters. The number of nitrogens with zero attached hydrogens (tertiary/aromatic N) is 2. The normalized spacial score (nSPS) is 12.2. The molecular weight excluding hydrogens is 475 g/mol. The van der Waals surface area contributed by atoms with E-state index in [1.807, 2.05) is 28.9 Å². The van der Waals surface area contributed by atoms with Crippen molar-refractivity contribution in [2.75, 3.05) is 12.0 Å². The van der Waals surface area contributed by atoms with Gasteiger partial charge in [-0.3, -0.25) is 4.79 Å². The van der Waals surface area contributed by atoms with Crippen molar-refractivity contribution in [1.82, 2.24) is 9.78 Å². The molecule has 5 nitrogen and oxygen atoms in total. The van der Waals surface area contributed by atoms with E-state index in [2.05, 4.69) is 20.8 Å². The number of Topliss-reactive ketones (excluding diaryl/α,β-unsaturated/α-hetero) is 1. The molecule has 0 aliphatic heterocycles. The van der Waals surface area contributed by atoms with Crippen LogP contribution in [0.4, 0.5) is 4.39 Å². The summed E-state index contributed by atoms with van der Waals surface area (Å²) in [6.45, 7) is 6.25. The van der Waals surface area contributed by atoms with Crippen LogP contribution in [0.25, 0.3) is 5.69 Å². The summed E-state index contributed by atoms with van der Waals surface area (Å²) in [7, 11) is -3.17. The predicted molar refractivity (Wildman–Crippen MR) is 134 cm³/mol. The van der Waals surface area contributed by atoms with Gasteiger partial charge in [0.25, 0.3) is 0 Å². The lowest BCUT2D eigenvalue weighted by molar-refractivity contribution is -0.118. The number of ketones is 1. The molecule has 0 atom stereocenters. The second kappa shape index (κ2) is 10.4. The molecule has 0 saturated heterocycles. The molecule has 0 bridgehead atoms. The zero-order valence-electron chi connectivity index (χ0n) is 19.9.